The van der Waals surface area contributed by atoms with Crippen molar-refractivity contribution >= 4 is 32.3 Å². The molecule has 0 amide bonds. The van der Waals surface area contributed by atoms with Gasteiger partial charge in [0.05, 0.1) is 0 Å². The SMILES string of the molecule is Cc1c(C)c2ccc3cccc4ccc(c1[O])c2c34. The quantitative estimate of drug-likeness (QED) is 0.372. The molecule has 1 nitrogen and oxygen atoms in total. The third-order valence-corrected chi connectivity index (χ3v) is 4.33. The average Bonchev–Trinajstić information content (AvgIpc) is 2.45. The van der Waals surface area contributed by atoms with Crippen LogP contribution in [0.1, 0.15) is 11.1 Å². The largest absolute Gasteiger partial charge is 0.289 e. The van der Waals surface area contributed by atoms with Gasteiger partial charge in [-0.05, 0) is 47.0 Å². The van der Waals surface area contributed by atoms with Gasteiger partial charge in [-0.2, -0.15) is 0 Å². The van der Waals surface area contributed by atoms with Gasteiger partial charge < -0.3 is 0 Å². The van der Waals surface area contributed by atoms with Crippen LogP contribution in [-0.2, 0) is 5.11 Å². The molecular weight excluding hydrogens is 232 g/mol. The highest BCUT2D eigenvalue weighted by molar-refractivity contribution is 6.25. The highest BCUT2D eigenvalue weighted by atomic mass is 16.3. The Morgan fingerprint density at radius 2 is 1.32 bits per heavy atom. The Morgan fingerprint density at radius 3 is 2.00 bits per heavy atom. The lowest BCUT2D eigenvalue weighted by atomic mass is 9.89. The van der Waals surface area contributed by atoms with E-state index in [2.05, 4.69) is 36.4 Å². The fourth-order valence-electron chi connectivity index (χ4n) is 3.16. The Hall–Kier alpha value is -2.28. The molecule has 4 rings (SSSR count). The maximum absolute atomic E-state index is 12.5. The van der Waals surface area contributed by atoms with Gasteiger partial charge in [0.25, 0.3) is 0 Å². The van der Waals surface area contributed by atoms with Crippen LogP contribution >= 0.6 is 0 Å². The second-order valence-electron chi connectivity index (χ2n) is 5.26. The Morgan fingerprint density at radius 1 is 0.684 bits per heavy atom. The van der Waals surface area contributed by atoms with Crippen LogP contribution in [0.4, 0.5) is 0 Å². The molecule has 4 aromatic rings. The summed E-state index contributed by atoms with van der Waals surface area (Å²) in [6.07, 6.45) is 0. The minimum Gasteiger partial charge on any atom is -0.289 e. The van der Waals surface area contributed by atoms with Crippen molar-refractivity contribution in [3.05, 3.63) is 53.6 Å². The van der Waals surface area contributed by atoms with Crippen molar-refractivity contribution in [1.82, 2.24) is 0 Å². The minimum atomic E-state index is 0.170. The molecule has 0 bridgehead atoms. The second kappa shape index (κ2) is 3.39. The number of rotatable bonds is 0. The summed E-state index contributed by atoms with van der Waals surface area (Å²) in [5.41, 5.74) is 1.97. The highest BCUT2D eigenvalue weighted by Gasteiger charge is 2.16. The van der Waals surface area contributed by atoms with Crippen molar-refractivity contribution in [2.75, 3.05) is 0 Å². The zero-order valence-electron chi connectivity index (χ0n) is 10.9. The first kappa shape index (κ1) is 10.6. The first-order valence-corrected chi connectivity index (χ1v) is 6.52. The summed E-state index contributed by atoms with van der Waals surface area (Å²) in [7, 11) is 0. The van der Waals surface area contributed by atoms with Gasteiger partial charge in [0.15, 0.2) is 5.75 Å². The standard InChI is InChI=1S/C18H13O/c1-10-11(2)18(19)15-9-7-13-5-3-4-12-6-8-14(10)17(15)16(12)13/h3-9H,1-2H3. The molecule has 91 valence electrons. The minimum absolute atomic E-state index is 0.170. The predicted octanol–water partition coefficient (Wildman–Crippen LogP) is 5.34. The predicted molar refractivity (Wildman–Crippen MR) is 79.8 cm³/mol. The van der Waals surface area contributed by atoms with Crippen molar-refractivity contribution in [3.8, 4) is 5.75 Å². The summed E-state index contributed by atoms with van der Waals surface area (Å²) < 4.78 is 0. The Kier molecular flexibility index (Phi) is 1.89. The van der Waals surface area contributed by atoms with E-state index in [0.717, 1.165) is 21.9 Å². The van der Waals surface area contributed by atoms with Crippen molar-refractivity contribution in [1.29, 1.82) is 0 Å². The molecule has 0 aromatic heterocycles. The highest BCUT2D eigenvalue weighted by Crippen LogP contribution is 2.42. The lowest BCUT2D eigenvalue weighted by Crippen LogP contribution is -1.90. The van der Waals surface area contributed by atoms with E-state index in [0.29, 0.717) is 0 Å². The van der Waals surface area contributed by atoms with Crippen LogP contribution in [0.5, 0.6) is 5.75 Å². The maximum atomic E-state index is 12.5. The van der Waals surface area contributed by atoms with Crippen LogP contribution in [0, 0.1) is 13.8 Å². The first-order chi connectivity index (χ1) is 9.18. The molecule has 0 saturated heterocycles. The zero-order chi connectivity index (χ0) is 13.1. The topological polar surface area (TPSA) is 19.9 Å². The Bertz CT molecular complexity index is 865. The van der Waals surface area contributed by atoms with E-state index >= 15 is 0 Å². The van der Waals surface area contributed by atoms with Crippen molar-refractivity contribution < 1.29 is 5.11 Å². The monoisotopic (exact) mass is 245 g/mol. The van der Waals surface area contributed by atoms with Crippen molar-refractivity contribution in [2.45, 2.75) is 13.8 Å². The Labute approximate surface area is 111 Å². The summed E-state index contributed by atoms with van der Waals surface area (Å²) in [5.74, 6) is 0.170. The van der Waals surface area contributed by atoms with E-state index in [4.69, 9.17) is 0 Å². The van der Waals surface area contributed by atoms with Gasteiger partial charge in [0, 0.05) is 16.3 Å². The fraction of sp³-hybridized carbons (Fsp3) is 0.111. The number of hydrogen-bond acceptors (Lipinski definition) is 0. The van der Waals surface area contributed by atoms with Gasteiger partial charge in [0.1, 0.15) is 0 Å². The van der Waals surface area contributed by atoms with Gasteiger partial charge in [-0.25, -0.2) is 0 Å². The third kappa shape index (κ3) is 1.20. The number of benzene rings is 4. The Balaban J connectivity index is 2.47. The van der Waals surface area contributed by atoms with Crippen LogP contribution in [0.25, 0.3) is 32.3 Å². The van der Waals surface area contributed by atoms with Gasteiger partial charge in [-0.3, -0.25) is 5.11 Å². The molecule has 1 radical (unpaired) electrons. The third-order valence-electron chi connectivity index (χ3n) is 4.33. The maximum Gasteiger partial charge on any atom is 0.189 e. The lowest BCUT2D eigenvalue weighted by molar-refractivity contribution is 0.357. The second-order valence-corrected chi connectivity index (χ2v) is 5.26. The molecule has 0 spiro atoms. The summed E-state index contributed by atoms with van der Waals surface area (Å²) in [6.45, 7) is 3.97. The van der Waals surface area contributed by atoms with Crippen LogP contribution in [0.3, 0.4) is 0 Å². The molecule has 1 heteroatoms. The molecule has 0 unspecified atom stereocenters. The van der Waals surface area contributed by atoms with Crippen LogP contribution in [0.2, 0.25) is 0 Å². The molecular formula is C18H13O. The van der Waals surface area contributed by atoms with Crippen LogP contribution in [0.15, 0.2) is 42.5 Å². The van der Waals surface area contributed by atoms with E-state index < -0.39 is 0 Å². The first-order valence-electron chi connectivity index (χ1n) is 6.52. The summed E-state index contributed by atoms with van der Waals surface area (Å²) in [5, 5.41) is 19.3. The molecule has 0 heterocycles. The van der Waals surface area contributed by atoms with Gasteiger partial charge in [-0.15, -0.1) is 0 Å². The van der Waals surface area contributed by atoms with Gasteiger partial charge in [-0.1, -0.05) is 36.4 Å². The molecule has 0 aliphatic heterocycles. The molecule has 0 aliphatic carbocycles. The number of aryl methyl sites for hydroxylation is 1. The van der Waals surface area contributed by atoms with Crippen LogP contribution < -0.4 is 0 Å². The number of hydrogen-bond donors (Lipinski definition) is 0. The fourth-order valence-corrected chi connectivity index (χ4v) is 3.16. The van der Waals surface area contributed by atoms with Crippen LogP contribution in [-0.4, -0.2) is 0 Å². The van der Waals surface area contributed by atoms with E-state index in [1.54, 1.807) is 0 Å². The van der Waals surface area contributed by atoms with E-state index in [1.165, 1.54) is 21.5 Å². The van der Waals surface area contributed by atoms with E-state index in [-0.39, 0.29) is 5.75 Å². The van der Waals surface area contributed by atoms with Gasteiger partial charge >= 0.3 is 0 Å². The normalized spacial score (nSPS) is 11.9. The molecule has 0 saturated carbocycles. The summed E-state index contributed by atoms with van der Waals surface area (Å²) in [4.78, 5) is 0. The molecule has 0 fully saturated rings. The smallest absolute Gasteiger partial charge is 0.189 e. The van der Waals surface area contributed by atoms with Gasteiger partial charge in [0.2, 0.25) is 0 Å². The zero-order valence-corrected chi connectivity index (χ0v) is 10.9. The molecule has 0 aliphatic rings. The van der Waals surface area contributed by atoms with Crippen molar-refractivity contribution in [2.24, 2.45) is 0 Å². The lowest BCUT2D eigenvalue weighted by Gasteiger charge is -2.14. The molecule has 4 aromatic carbocycles. The van der Waals surface area contributed by atoms with E-state index in [9.17, 15) is 5.11 Å². The average molecular weight is 245 g/mol. The summed E-state index contributed by atoms with van der Waals surface area (Å²) in [6, 6.07) is 14.6. The summed E-state index contributed by atoms with van der Waals surface area (Å²) >= 11 is 0. The molecule has 19 heavy (non-hydrogen) atoms. The molecule has 0 N–H and O–H groups in total. The van der Waals surface area contributed by atoms with E-state index in [1.807, 2.05) is 19.9 Å². The van der Waals surface area contributed by atoms with Crippen molar-refractivity contribution in [3.63, 3.8) is 0 Å². The molecule has 0 atom stereocenters.